The van der Waals surface area contributed by atoms with Crippen LogP contribution in [0.15, 0.2) is 48.4 Å². The minimum Gasteiger partial charge on any atom is -0.442 e. The predicted octanol–water partition coefficient (Wildman–Crippen LogP) is 2.23. The molecule has 208 valence electrons. The van der Waals surface area contributed by atoms with E-state index in [4.69, 9.17) is 4.74 Å². The number of nitrogens with zero attached hydrogens (tertiary/aromatic N) is 4. The highest BCUT2D eigenvalue weighted by molar-refractivity contribution is 5.96. The minimum absolute atomic E-state index is 0.0231. The summed E-state index contributed by atoms with van der Waals surface area (Å²) in [6.45, 7) is 1.88. The molecule has 4 rings (SSSR count). The van der Waals surface area contributed by atoms with Crippen LogP contribution in [0.4, 0.5) is 29.3 Å². The molecule has 2 aliphatic rings. The number of halogens is 3. The van der Waals surface area contributed by atoms with E-state index < -0.39 is 36.4 Å². The van der Waals surface area contributed by atoms with Crippen LogP contribution >= 0.6 is 0 Å². The second kappa shape index (κ2) is 12.5. The second-order valence-corrected chi connectivity index (χ2v) is 9.20. The number of pyridine rings is 1. The topological polar surface area (TPSA) is 107 Å². The fourth-order valence-corrected chi connectivity index (χ4v) is 4.30. The molecule has 0 saturated carbocycles. The summed E-state index contributed by atoms with van der Waals surface area (Å²) >= 11 is 0. The molecule has 2 fully saturated rings. The number of carbonyl (C=O) groups is 3. The van der Waals surface area contributed by atoms with Gasteiger partial charge in [0.2, 0.25) is 5.91 Å². The number of alkyl halides is 1. The Morgan fingerprint density at radius 3 is 2.54 bits per heavy atom. The zero-order valence-electron chi connectivity index (χ0n) is 21.3. The quantitative estimate of drug-likeness (QED) is 0.497. The predicted molar refractivity (Wildman–Crippen MR) is 137 cm³/mol. The fraction of sp³-hybridized carbons (Fsp3) is 0.385. The molecule has 2 N–H and O–H groups in total. The van der Waals surface area contributed by atoms with Gasteiger partial charge in [0.05, 0.1) is 30.9 Å². The van der Waals surface area contributed by atoms with Crippen LogP contribution in [0.5, 0.6) is 0 Å². The zero-order chi connectivity index (χ0) is 27.9. The van der Waals surface area contributed by atoms with Gasteiger partial charge in [-0.25, -0.2) is 18.0 Å². The lowest BCUT2D eigenvalue weighted by molar-refractivity contribution is -0.130. The van der Waals surface area contributed by atoms with Crippen LogP contribution in [-0.4, -0.2) is 86.4 Å². The van der Waals surface area contributed by atoms with Crippen molar-refractivity contribution in [3.8, 4) is 0 Å². The molecule has 13 heteroatoms. The molecule has 0 aliphatic carbocycles. The number of cyclic esters (lactones) is 1. The van der Waals surface area contributed by atoms with Crippen molar-refractivity contribution in [1.29, 1.82) is 0 Å². The lowest BCUT2D eigenvalue weighted by atomic mass is 10.2. The van der Waals surface area contributed by atoms with Crippen LogP contribution in [0.2, 0.25) is 0 Å². The van der Waals surface area contributed by atoms with Crippen molar-refractivity contribution in [2.45, 2.75) is 13.0 Å². The average molecular weight is 547 g/mol. The molecule has 2 saturated heterocycles. The molecule has 2 aliphatic heterocycles. The highest BCUT2D eigenvalue weighted by Gasteiger charge is 2.34. The standard InChI is InChI=1S/C26H29F3N6O4/c1-17(11-27)12-31-14-20-16-35(26(38)39-20)19-9-21(28)24(22(29)10-19)34-7-5-33(6-8-34)23(36)15-32-25(37)18-3-2-4-30-13-18/h2-4,9-10,12-13,20,31H,5-8,11,14-16H2,1H3,(H,32,37)/b17-12+. The first-order chi connectivity index (χ1) is 18.8. The van der Waals surface area contributed by atoms with Crippen molar-refractivity contribution in [3.05, 3.63) is 65.6 Å². The second-order valence-electron chi connectivity index (χ2n) is 9.20. The third-order valence-corrected chi connectivity index (χ3v) is 6.36. The monoisotopic (exact) mass is 546 g/mol. The van der Waals surface area contributed by atoms with Crippen LogP contribution in [0, 0.1) is 11.6 Å². The Morgan fingerprint density at radius 2 is 1.90 bits per heavy atom. The maximum atomic E-state index is 15.1. The van der Waals surface area contributed by atoms with E-state index in [1.165, 1.54) is 28.4 Å². The first kappa shape index (κ1) is 27.7. The summed E-state index contributed by atoms with van der Waals surface area (Å²) in [4.78, 5) is 45.0. The third kappa shape index (κ3) is 6.78. The number of hydrogen-bond donors (Lipinski definition) is 2. The van der Waals surface area contributed by atoms with Gasteiger partial charge in [-0.3, -0.25) is 19.5 Å². The summed E-state index contributed by atoms with van der Waals surface area (Å²) in [5, 5.41) is 5.41. The molecule has 0 bridgehead atoms. The van der Waals surface area contributed by atoms with Crippen molar-refractivity contribution in [2.24, 2.45) is 0 Å². The van der Waals surface area contributed by atoms with Gasteiger partial charge in [0, 0.05) is 50.7 Å². The number of hydrogen-bond acceptors (Lipinski definition) is 7. The number of rotatable bonds is 9. The Morgan fingerprint density at radius 1 is 1.18 bits per heavy atom. The number of piperazine rings is 1. The molecule has 10 nitrogen and oxygen atoms in total. The van der Waals surface area contributed by atoms with Crippen molar-refractivity contribution >= 4 is 29.3 Å². The van der Waals surface area contributed by atoms with Crippen LogP contribution in [0.25, 0.3) is 0 Å². The molecule has 1 unspecified atom stereocenters. The van der Waals surface area contributed by atoms with Gasteiger partial charge in [0.1, 0.15) is 18.5 Å². The number of anilines is 2. The largest absolute Gasteiger partial charge is 0.442 e. The van der Waals surface area contributed by atoms with Gasteiger partial charge < -0.3 is 25.2 Å². The van der Waals surface area contributed by atoms with E-state index in [0.29, 0.717) is 11.1 Å². The van der Waals surface area contributed by atoms with Gasteiger partial charge >= 0.3 is 6.09 Å². The lowest BCUT2D eigenvalue weighted by Gasteiger charge is -2.36. The first-order valence-electron chi connectivity index (χ1n) is 12.4. The first-order valence-corrected chi connectivity index (χ1v) is 12.4. The maximum Gasteiger partial charge on any atom is 0.414 e. The Hall–Kier alpha value is -4.29. The summed E-state index contributed by atoms with van der Waals surface area (Å²) in [6, 6.07) is 5.35. The van der Waals surface area contributed by atoms with Crippen molar-refractivity contribution in [1.82, 2.24) is 20.5 Å². The normalized spacial score (nSPS) is 17.7. The molecular formula is C26H29F3N6O4. The average Bonchev–Trinajstić information content (AvgIpc) is 3.31. The SMILES string of the molecule is C/C(=C\NCC1CN(c2cc(F)c(N3CCN(C(=O)CNC(=O)c4cccnc4)CC3)c(F)c2)C(=O)O1)CF. The number of ether oxygens (including phenoxy) is 1. The lowest BCUT2D eigenvalue weighted by Crippen LogP contribution is -2.51. The van der Waals surface area contributed by atoms with Gasteiger partial charge in [-0.15, -0.1) is 0 Å². The van der Waals surface area contributed by atoms with Crippen molar-refractivity contribution < 1.29 is 32.3 Å². The van der Waals surface area contributed by atoms with Gasteiger partial charge in [-0.1, -0.05) is 0 Å². The van der Waals surface area contributed by atoms with Gasteiger partial charge in [0.15, 0.2) is 11.6 Å². The van der Waals surface area contributed by atoms with Gasteiger partial charge in [-0.2, -0.15) is 0 Å². The van der Waals surface area contributed by atoms with Crippen LogP contribution in [0.3, 0.4) is 0 Å². The van der Waals surface area contributed by atoms with E-state index in [-0.39, 0.29) is 63.1 Å². The molecule has 1 aromatic heterocycles. The molecule has 39 heavy (non-hydrogen) atoms. The number of allylic oxidation sites excluding steroid dienone is 1. The molecule has 2 aromatic rings. The van der Waals surface area contributed by atoms with E-state index in [1.807, 2.05) is 0 Å². The molecular weight excluding hydrogens is 517 g/mol. The van der Waals surface area contributed by atoms with Crippen LogP contribution < -0.4 is 20.4 Å². The van der Waals surface area contributed by atoms with Crippen LogP contribution in [-0.2, 0) is 9.53 Å². The van der Waals surface area contributed by atoms with E-state index in [9.17, 15) is 18.8 Å². The molecule has 1 atom stereocenters. The molecule has 0 radical (unpaired) electrons. The van der Waals surface area contributed by atoms with E-state index in [2.05, 4.69) is 15.6 Å². The van der Waals surface area contributed by atoms with E-state index >= 15 is 8.78 Å². The molecule has 3 heterocycles. The Bertz CT molecular complexity index is 1210. The van der Waals surface area contributed by atoms with Gasteiger partial charge in [-0.05, 0) is 30.8 Å². The highest BCUT2D eigenvalue weighted by atomic mass is 19.1. The van der Waals surface area contributed by atoms with Gasteiger partial charge in [0.25, 0.3) is 5.91 Å². The third-order valence-electron chi connectivity index (χ3n) is 6.36. The minimum atomic E-state index is -0.843. The summed E-state index contributed by atoms with van der Waals surface area (Å²) in [7, 11) is 0. The fourth-order valence-electron chi connectivity index (χ4n) is 4.30. The summed E-state index contributed by atoms with van der Waals surface area (Å²) in [5.74, 6) is -2.42. The number of carbonyl (C=O) groups excluding carboxylic acids is 3. The van der Waals surface area contributed by atoms with Crippen LogP contribution in [0.1, 0.15) is 17.3 Å². The summed E-state index contributed by atoms with van der Waals surface area (Å²) < 4.78 is 47.9. The summed E-state index contributed by atoms with van der Waals surface area (Å²) in [5.41, 5.74) is 0.594. The summed E-state index contributed by atoms with van der Waals surface area (Å²) in [6.07, 6.45) is 3.10. The molecule has 3 amide bonds. The van der Waals surface area contributed by atoms with Crippen molar-refractivity contribution in [2.75, 3.05) is 62.3 Å². The maximum absolute atomic E-state index is 15.1. The number of nitrogens with one attached hydrogen (secondary N) is 2. The Balaban J connectivity index is 1.31. The Kier molecular flexibility index (Phi) is 8.89. The molecule has 0 spiro atoms. The van der Waals surface area contributed by atoms with E-state index in [0.717, 1.165) is 17.0 Å². The number of aromatic nitrogens is 1. The number of amides is 3. The smallest absolute Gasteiger partial charge is 0.414 e. The number of benzene rings is 1. The Labute approximate surface area is 223 Å². The highest BCUT2D eigenvalue weighted by Crippen LogP contribution is 2.31. The van der Waals surface area contributed by atoms with Crippen molar-refractivity contribution in [3.63, 3.8) is 0 Å². The zero-order valence-corrected chi connectivity index (χ0v) is 21.3. The molecule has 1 aromatic carbocycles. The van der Waals surface area contributed by atoms with E-state index in [1.54, 1.807) is 19.1 Å².